The van der Waals surface area contributed by atoms with Crippen LogP contribution in [0.2, 0.25) is 0 Å². The quantitative estimate of drug-likeness (QED) is 0.927. The summed E-state index contributed by atoms with van der Waals surface area (Å²) in [4.78, 5) is 32.7. The minimum absolute atomic E-state index is 0.0301. The number of hydrogen-bond acceptors (Lipinski definition) is 5. The highest BCUT2D eigenvalue weighted by atomic mass is 16.3. The summed E-state index contributed by atoms with van der Waals surface area (Å²) in [6, 6.07) is 2.54. The molecule has 0 unspecified atom stereocenters. The number of carbonyl (C=O) groups is 1. The van der Waals surface area contributed by atoms with Crippen LogP contribution in [-0.2, 0) is 19.3 Å². The molecule has 126 valence electrons. The fraction of sp³-hybridized carbons (Fsp3) is 0.444. The van der Waals surface area contributed by atoms with E-state index in [0.29, 0.717) is 18.7 Å². The molecule has 2 aromatic heterocycles. The van der Waals surface area contributed by atoms with E-state index in [9.17, 15) is 9.59 Å². The number of hydrogen-bond donors (Lipinski definition) is 1. The molecule has 2 aromatic rings. The third kappa shape index (κ3) is 3.69. The van der Waals surface area contributed by atoms with Crippen LogP contribution in [0.4, 0.5) is 0 Å². The Hall–Kier alpha value is -2.50. The third-order valence-corrected chi connectivity index (χ3v) is 4.18. The summed E-state index contributed by atoms with van der Waals surface area (Å²) in [5.74, 6) is 0.800. The van der Waals surface area contributed by atoms with E-state index >= 15 is 0 Å². The molecule has 1 aliphatic rings. The van der Waals surface area contributed by atoms with Gasteiger partial charge in [0.25, 0.3) is 5.91 Å². The van der Waals surface area contributed by atoms with Gasteiger partial charge in [-0.2, -0.15) is 0 Å². The van der Waals surface area contributed by atoms with Crippen molar-refractivity contribution in [3.63, 3.8) is 0 Å². The van der Waals surface area contributed by atoms with Crippen LogP contribution >= 0.6 is 0 Å². The molecule has 0 aromatic carbocycles. The predicted octanol–water partition coefficient (Wildman–Crippen LogP) is 1.90. The maximum atomic E-state index is 12.1. The predicted molar refractivity (Wildman–Crippen MR) is 89.2 cm³/mol. The molecule has 0 fully saturated rings. The van der Waals surface area contributed by atoms with Gasteiger partial charge in [-0.25, -0.2) is 9.97 Å². The molecule has 0 saturated carbocycles. The maximum absolute atomic E-state index is 12.1. The monoisotopic (exact) mass is 327 g/mol. The van der Waals surface area contributed by atoms with Crippen molar-refractivity contribution in [2.24, 2.45) is 0 Å². The van der Waals surface area contributed by atoms with Gasteiger partial charge in [-0.3, -0.25) is 9.59 Å². The average molecular weight is 327 g/mol. The van der Waals surface area contributed by atoms with E-state index < -0.39 is 5.91 Å². The molecule has 0 spiro atoms. The van der Waals surface area contributed by atoms with E-state index in [1.54, 1.807) is 6.92 Å². The van der Waals surface area contributed by atoms with Gasteiger partial charge >= 0.3 is 0 Å². The van der Waals surface area contributed by atoms with Crippen molar-refractivity contribution >= 4 is 5.91 Å². The van der Waals surface area contributed by atoms with Gasteiger partial charge in [-0.05, 0) is 45.1 Å². The summed E-state index contributed by atoms with van der Waals surface area (Å²) in [5, 5.41) is 2.75. The molecule has 0 saturated heterocycles. The van der Waals surface area contributed by atoms with E-state index in [1.165, 1.54) is 30.5 Å². The molecule has 1 aliphatic carbocycles. The lowest BCUT2D eigenvalue weighted by atomic mass is 9.95. The van der Waals surface area contributed by atoms with Gasteiger partial charge in [-0.1, -0.05) is 0 Å². The summed E-state index contributed by atoms with van der Waals surface area (Å²) in [6.07, 6.45) is 4.99. The van der Waals surface area contributed by atoms with Crippen molar-refractivity contribution in [2.75, 3.05) is 6.54 Å². The lowest BCUT2D eigenvalue weighted by Crippen LogP contribution is -2.27. The molecule has 1 N–H and O–H groups in total. The van der Waals surface area contributed by atoms with Crippen LogP contribution in [0, 0.1) is 13.8 Å². The molecule has 6 nitrogen and oxygen atoms in total. The highest BCUT2D eigenvalue weighted by molar-refractivity contribution is 5.91. The number of fused-ring (bicyclic) bond motifs is 1. The Morgan fingerprint density at radius 3 is 2.79 bits per heavy atom. The molecule has 0 atom stereocenters. The van der Waals surface area contributed by atoms with Gasteiger partial charge in [-0.15, -0.1) is 0 Å². The van der Waals surface area contributed by atoms with Crippen molar-refractivity contribution in [1.82, 2.24) is 15.3 Å². The van der Waals surface area contributed by atoms with Crippen LogP contribution in [0.3, 0.4) is 0 Å². The minimum Gasteiger partial charge on any atom is -0.456 e. The lowest BCUT2D eigenvalue weighted by molar-refractivity contribution is 0.0922. The van der Waals surface area contributed by atoms with Crippen LogP contribution in [-0.4, -0.2) is 22.4 Å². The van der Waals surface area contributed by atoms with E-state index in [-0.39, 0.29) is 11.2 Å². The molecule has 6 heteroatoms. The third-order valence-electron chi connectivity index (χ3n) is 4.18. The molecule has 0 aliphatic heterocycles. The van der Waals surface area contributed by atoms with Gasteiger partial charge in [0.1, 0.15) is 11.6 Å². The normalized spacial score (nSPS) is 13.4. The number of aromatic nitrogens is 2. The molecular weight excluding hydrogens is 306 g/mol. The summed E-state index contributed by atoms with van der Waals surface area (Å²) in [7, 11) is 0. The zero-order chi connectivity index (χ0) is 17.1. The SMILES string of the molecule is Cc1cc(=O)cc(C(=O)NCCc2nc(C)c3c(n2)CCCC3)o1. The molecule has 0 radical (unpaired) electrons. The highest BCUT2D eigenvalue weighted by Crippen LogP contribution is 2.21. The summed E-state index contributed by atoms with van der Waals surface area (Å²) < 4.78 is 5.27. The van der Waals surface area contributed by atoms with Crippen LogP contribution in [0.1, 0.15) is 51.9 Å². The number of amides is 1. The Balaban J connectivity index is 1.63. The first-order valence-corrected chi connectivity index (χ1v) is 8.28. The second-order valence-electron chi connectivity index (χ2n) is 6.13. The Bertz CT molecular complexity index is 827. The standard InChI is InChI=1S/C18H21N3O3/c1-11-9-13(22)10-16(24-11)18(23)19-8-7-17-20-12(2)14-5-3-4-6-15(14)21-17/h9-10H,3-8H2,1-2H3,(H,19,23). The van der Waals surface area contributed by atoms with Crippen LogP contribution < -0.4 is 10.7 Å². The number of nitrogens with one attached hydrogen (secondary N) is 1. The van der Waals surface area contributed by atoms with Crippen LogP contribution in [0.25, 0.3) is 0 Å². The average Bonchev–Trinajstić information content (AvgIpc) is 2.54. The van der Waals surface area contributed by atoms with Crippen LogP contribution in [0.15, 0.2) is 21.3 Å². The van der Waals surface area contributed by atoms with Gasteiger partial charge in [0, 0.05) is 36.5 Å². The summed E-state index contributed by atoms with van der Waals surface area (Å²) in [5.41, 5.74) is 3.25. The van der Waals surface area contributed by atoms with Crippen molar-refractivity contribution in [1.29, 1.82) is 0 Å². The van der Waals surface area contributed by atoms with E-state index in [4.69, 9.17) is 4.42 Å². The minimum atomic E-state index is -0.398. The number of rotatable bonds is 4. The van der Waals surface area contributed by atoms with Crippen molar-refractivity contribution in [3.8, 4) is 0 Å². The van der Waals surface area contributed by atoms with Crippen molar-refractivity contribution in [2.45, 2.75) is 46.0 Å². The largest absolute Gasteiger partial charge is 0.456 e. The van der Waals surface area contributed by atoms with Gasteiger partial charge in [0.15, 0.2) is 11.2 Å². The molecular formula is C18H21N3O3. The van der Waals surface area contributed by atoms with E-state index in [0.717, 1.165) is 30.1 Å². The van der Waals surface area contributed by atoms with Gasteiger partial charge in [0.2, 0.25) is 0 Å². The van der Waals surface area contributed by atoms with Gasteiger partial charge in [0.05, 0.1) is 0 Å². The van der Waals surface area contributed by atoms with E-state index in [2.05, 4.69) is 15.3 Å². The smallest absolute Gasteiger partial charge is 0.287 e. The zero-order valence-electron chi connectivity index (χ0n) is 14.0. The highest BCUT2D eigenvalue weighted by Gasteiger charge is 2.16. The Morgan fingerprint density at radius 1 is 1.21 bits per heavy atom. The molecule has 24 heavy (non-hydrogen) atoms. The van der Waals surface area contributed by atoms with Crippen molar-refractivity contribution < 1.29 is 9.21 Å². The second-order valence-corrected chi connectivity index (χ2v) is 6.13. The fourth-order valence-electron chi connectivity index (χ4n) is 3.05. The maximum Gasteiger partial charge on any atom is 0.287 e. The second kappa shape index (κ2) is 6.95. The first-order valence-electron chi connectivity index (χ1n) is 8.28. The molecule has 3 rings (SSSR count). The van der Waals surface area contributed by atoms with Gasteiger partial charge < -0.3 is 9.73 Å². The summed E-state index contributed by atoms with van der Waals surface area (Å²) >= 11 is 0. The Kier molecular flexibility index (Phi) is 4.74. The van der Waals surface area contributed by atoms with Crippen molar-refractivity contribution in [3.05, 3.63) is 56.7 Å². The molecule has 1 amide bonds. The number of nitrogens with zero attached hydrogens (tertiary/aromatic N) is 2. The molecule has 2 heterocycles. The number of carbonyl (C=O) groups excluding carboxylic acids is 1. The van der Waals surface area contributed by atoms with Crippen LogP contribution in [0.5, 0.6) is 0 Å². The van der Waals surface area contributed by atoms with E-state index in [1.807, 2.05) is 6.92 Å². The lowest BCUT2D eigenvalue weighted by Gasteiger charge is -2.17. The zero-order valence-corrected chi connectivity index (χ0v) is 14.0. The first kappa shape index (κ1) is 16.4. The topological polar surface area (TPSA) is 85.1 Å². The Morgan fingerprint density at radius 2 is 2.00 bits per heavy atom. The molecule has 0 bridgehead atoms. The number of aryl methyl sites for hydroxylation is 3. The summed E-state index contributed by atoms with van der Waals surface area (Å²) in [6.45, 7) is 4.06. The fourth-order valence-corrected chi connectivity index (χ4v) is 3.05. The Labute approximate surface area is 140 Å². The first-order chi connectivity index (χ1) is 11.5.